The minimum absolute atomic E-state index is 0.0978. The van der Waals surface area contributed by atoms with E-state index in [1.165, 1.54) is 0 Å². The Morgan fingerprint density at radius 3 is 2.37 bits per heavy atom. The summed E-state index contributed by atoms with van der Waals surface area (Å²) in [5.74, 6) is 0.643. The van der Waals surface area contributed by atoms with Gasteiger partial charge >= 0.3 is 0 Å². The molecule has 1 aliphatic heterocycles. The molecular weight excluding hydrogens is 438 g/mol. The number of carbonyl (C=O) groups excluding carboxylic acids is 2. The molecule has 0 unspecified atom stereocenters. The first-order valence-electron chi connectivity index (χ1n) is 12.3. The molecule has 0 aromatic heterocycles. The van der Waals surface area contributed by atoms with E-state index in [4.69, 9.17) is 4.74 Å². The lowest BCUT2D eigenvalue weighted by Crippen LogP contribution is -2.48. The van der Waals surface area contributed by atoms with Crippen LogP contribution in [-0.2, 0) is 0 Å². The Balaban J connectivity index is 1.31. The lowest BCUT2D eigenvalue weighted by molar-refractivity contribution is 0.0746. The van der Waals surface area contributed by atoms with Gasteiger partial charge in [-0.25, -0.2) is 0 Å². The summed E-state index contributed by atoms with van der Waals surface area (Å²) in [5, 5.41) is 2.96. The van der Waals surface area contributed by atoms with Gasteiger partial charge in [-0.15, -0.1) is 0 Å². The molecule has 6 heteroatoms. The van der Waals surface area contributed by atoms with Crippen molar-refractivity contribution in [1.29, 1.82) is 0 Å². The molecule has 0 aliphatic carbocycles. The number of nitrogens with one attached hydrogen (secondary N) is 1. The first-order chi connectivity index (χ1) is 17.0. The zero-order chi connectivity index (χ0) is 24.6. The molecule has 3 aromatic carbocycles. The van der Waals surface area contributed by atoms with Crippen LogP contribution in [-0.4, -0.2) is 49.5 Å². The van der Waals surface area contributed by atoms with Crippen LogP contribution < -0.4 is 15.0 Å². The number of rotatable bonds is 8. The smallest absolute Gasteiger partial charge is 0.255 e. The van der Waals surface area contributed by atoms with Gasteiger partial charge in [0.15, 0.2) is 0 Å². The SMILES string of the molecule is CCCCOc1cccc(C(=O)Nc2ccc(N3CCN(C(=O)c4ccccc4C)CC3)cc2)c1. The monoisotopic (exact) mass is 471 g/mol. The van der Waals surface area contributed by atoms with Gasteiger partial charge in [0.05, 0.1) is 6.61 Å². The molecule has 0 bridgehead atoms. The van der Waals surface area contributed by atoms with Crippen LogP contribution >= 0.6 is 0 Å². The summed E-state index contributed by atoms with van der Waals surface area (Å²) in [6, 6.07) is 22.9. The zero-order valence-corrected chi connectivity index (χ0v) is 20.5. The predicted molar refractivity (Wildman–Crippen MR) is 141 cm³/mol. The molecule has 1 saturated heterocycles. The van der Waals surface area contributed by atoms with Gasteiger partial charge < -0.3 is 19.9 Å². The molecule has 0 atom stereocenters. The molecule has 0 saturated carbocycles. The number of anilines is 2. The van der Waals surface area contributed by atoms with Crippen LogP contribution in [0.25, 0.3) is 0 Å². The number of aryl methyl sites for hydroxylation is 1. The Labute approximate surface area is 207 Å². The zero-order valence-electron chi connectivity index (χ0n) is 20.5. The third-order valence-corrected chi connectivity index (χ3v) is 6.30. The third kappa shape index (κ3) is 6.21. The Bertz CT molecular complexity index is 1150. The number of amides is 2. The van der Waals surface area contributed by atoms with Gasteiger partial charge in [0.25, 0.3) is 11.8 Å². The number of hydrogen-bond acceptors (Lipinski definition) is 4. The van der Waals surface area contributed by atoms with E-state index in [1.807, 2.05) is 72.5 Å². The van der Waals surface area contributed by atoms with Gasteiger partial charge in [0, 0.05) is 48.7 Å². The highest BCUT2D eigenvalue weighted by Gasteiger charge is 2.23. The highest BCUT2D eigenvalue weighted by molar-refractivity contribution is 6.04. The van der Waals surface area contributed by atoms with E-state index in [1.54, 1.807) is 12.1 Å². The van der Waals surface area contributed by atoms with Crippen LogP contribution in [0, 0.1) is 6.92 Å². The number of nitrogens with zero attached hydrogens (tertiary/aromatic N) is 2. The largest absolute Gasteiger partial charge is 0.494 e. The van der Waals surface area contributed by atoms with Crippen LogP contribution in [0.15, 0.2) is 72.8 Å². The van der Waals surface area contributed by atoms with Crippen LogP contribution in [0.5, 0.6) is 5.75 Å². The van der Waals surface area contributed by atoms with Crippen molar-refractivity contribution in [3.63, 3.8) is 0 Å². The van der Waals surface area contributed by atoms with Crippen molar-refractivity contribution in [3.05, 3.63) is 89.5 Å². The molecule has 4 rings (SSSR count). The Hall–Kier alpha value is -3.80. The average molecular weight is 472 g/mol. The minimum Gasteiger partial charge on any atom is -0.494 e. The summed E-state index contributed by atoms with van der Waals surface area (Å²) in [4.78, 5) is 29.8. The minimum atomic E-state index is -0.165. The Morgan fingerprint density at radius 1 is 0.914 bits per heavy atom. The van der Waals surface area contributed by atoms with Gasteiger partial charge in [-0.05, 0) is 67.4 Å². The molecule has 182 valence electrons. The first kappa shape index (κ1) is 24.3. The van der Waals surface area contributed by atoms with Crippen molar-refractivity contribution in [1.82, 2.24) is 4.90 Å². The second kappa shape index (κ2) is 11.6. The van der Waals surface area contributed by atoms with Crippen LogP contribution in [0.3, 0.4) is 0 Å². The maximum atomic E-state index is 12.9. The van der Waals surface area contributed by atoms with Crippen molar-refractivity contribution < 1.29 is 14.3 Å². The summed E-state index contributed by atoms with van der Waals surface area (Å²) in [7, 11) is 0. The average Bonchev–Trinajstić information content (AvgIpc) is 2.89. The summed E-state index contributed by atoms with van der Waals surface area (Å²) in [5.41, 5.74) is 4.17. The van der Waals surface area contributed by atoms with Crippen molar-refractivity contribution >= 4 is 23.2 Å². The fraction of sp³-hybridized carbons (Fsp3) is 0.310. The molecule has 0 spiro atoms. The molecule has 1 heterocycles. The van der Waals surface area contributed by atoms with E-state index >= 15 is 0 Å². The normalized spacial score (nSPS) is 13.4. The maximum Gasteiger partial charge on any atom is 0.255 e. The molecule has 1 N–H and O–H groups in total. The highest BCUT2D eigenvalue weighted by Crippen LogP contribution is 2.22. The van der Waals surface area contributed by atoms with E-state index in [2.05, 4.69) is 17.1 Å². The lowest BCUT2D eigenvalue weighted by Gasteiger charge is -2.36. The van der Waals surface area contributed by atoms with Crippen molar-refractivity contribution in [2.45, 2.75) is 26.7 Å². The van der Waals surface area contributed by atoms with Gasteiger partial charge in [-0.1, -0.05) is 37.6 Å². The number of ether oxygens (including phenoxy) is 1. The molecule has 6 nitrogen and oxygen atoms in total. The van der Waals surface area contributed by atoms with Gasteiger partial charge in [0.2, 0.25) is 0 Å². The van der Waals surface area contributed by atoms with Gasteiger partial charge in [0.1, 0.15) is 5.75 Å². The second-order valence-corrected chi connectivity index (χ2v) is 8.83. The van der Waals surface area contributed by atoms with Gasteiger partial charge in [-0.3, -0.25) is 9.59 Å². The number of carbonyl (C=O) groups is 2. The quantitative estimate of drug-likeness (QED) is 0.448. The van der Waals surface area contributed by atoms with E-state index in [9.17, 15) is 9.59 Å². The number of piperazine rings is 1. The summed E-state index contributed by atoms with van der Waals surface area (Å²) in [6.07, 6.45) is 2.05. The Kier molecular flexibility index (Phi) is 8.03. The first-order valence-corrected chi connectivity index (χ1v) is 12.3. The molecule has 2 amide bonds. The lowest BCUT2D eigenvalue weighted by atomic mass is 10.1. The number of unbranched alkanes of at least 4 members (excludes halogenated alkanes) is 1. The molecule has 1 fully saturated rings. The Morgan fingerprint density at radius 2 is 1.66 bits per heavy atom. The maximum absolute atomic E-state index is 12.9. The van der Waals surface area contributed by atoms with Crippen LogP contribution in [0.4, 0.5) is 11.4 Å². The summed E-state index contributed by atoms with van der Waals surface area (Å²) < 4.78 is 5.71. The third-order valence-electron chi connectivity index (χ3n) is 6.30. The predicted octanol–water partition coefficient (Wildman–Crippen LogP) is 5.39. The van der Waals surface area contributed by atoms with E-state index in [-0.39, 0.29) is 11.8 Å². The van der Waals surface area contributed by atoms with Crippen LogP contribution in [0.1, 0.15) is 46.0 Å². The fourth-order valence-electron chi connectivity index (χ4n) is 4.17. The number of benzene rings is 3. The standard InChI is InChI=1S/C29H33N3O3/c1-3-4-20-35-26-10-7-9-23(21-26)28(33)30-24-12-14-25(15-13-24)31-16-18-32(19-17-31)29(34)27-11-6-5-8-22(27)2/h5-15,21H,3-4,16-20H2,1-2H3,(H,30,33). The van der Waals surface area contributed by atoms with Crippen molar-refractivity contribution in [3.8, 4) is 5.75 Å². The summed E-state index contributed by atoms with van der Waals surface area (Å²) >= 11 is 0. The highest BCUT2D eigenvalue weighted by atomic mass is 16.5. The second-order valence-electron chi connectivity index (χ2n) is 8.83. The number of hydrogen-bond donors (Lipinski definition) is 1. The molecule has 35 heavy (non-hydrogen) atoms. The summed E-state index contributed by atoms with van der Waals surface area (Å²) in [6.45, 7) is 7.65. The van der Waals surface area contributed by atoms with Crippen molar-refractivity contribution in [2.24, 2.45) is 0 Å². The van der Waals surface area contributed by atoms with Crippen molar-refractivity contribution in [2.75, 3.05) is 43.0 Å². The van der Waals surface area contributed by atoms with E-state index < -0.39 is 0 Å². The molecule has 0 radical (unpaired) electrons. The molecule has 1 aliphatic rings. The molecule has 3 aromatic rings. The van der Waals surface area contributed by atoms with Crippen LogP contribution in [0.2, 0.25) is 0 Å². The fourth-order valence-corrected chi connectivity index (χ4v) is 4.17. The van der Waals surface area contributed by atoms with Gasteiger partial charge in [-0.2, -0.15) is 0 Å². The molecular formula is C29H33N3O3. The van der Waals surface area contributed by atoms with E-state index in [0.29, 0.717) is 31.0 Å². The van der Waals surface area contributed by atoms with E-state index in [0.717, 1.165) is 48.4 Å². The topological polar surface area (TPSA) is 61.9 Å².